The molecule has 0 aliphatic carbocycles. The highest BCUT2D eigenvalue weighted by Gasteiger charge is 2.22. The topological polar surface area (TPSA) is 97.8 Å². The number of amides is 2. The van der Waals surface area contributed by atoms with Gasteiger partial charge in [-0.3, -0.25) is 14.5 Å². The number of aromatic nitrogens is 1. The first-order valence-corrected chi connectivity index (χ1v) is 12.1. The molecule has 8 heteroatoms. The van der Waals surface area contributed by atoms with E-state index in [4.69, 9.17) is 0 Å². The van der Waals surface area contributed by atoms with Gasteiger partial charge in [-0.2, -0.15) is 0 Å². The number of aryl methyl sites for hydroxylation is 1. The summed E-state index contributed by atoms with van der Waals surface area (Å²) in [6.07, 6.45) is 3.66. The quantitative estimate of drug-likeness (QED) is 0.578. The van der Waals surface area contributed by atoms with E-state index >= 15 is 0 Å². The number of anilines is 1. The normalized spacial score (nSPS) is 17.7. The Balaban J connectivity index is 1.24. The highest BCUT2D eigenvalue weighted by atomic mass is 16.3. The van der Waals surface area contributed by atoms with Crippen LogP contribution in [0.25, 0.3) is 0 Å². The SMILES string of the molecule is CC(=O)N1CCC(Nc2cc(C(=O)NC[C@H](O)CN3CCc4cccc(C)c4C3)ccn2)CC1. The van der Waals surface area contributed by atoms with Crippen molar-refractivity contribution >= 4 is 17.6 Å². The van der Waals surface area contributed by atoms with E-state index in [1.54, 1.807) is 25.3 Å². The fourth-order valence-corrected chi connectivity index (χ4v) is 4.83. The highest BCUT2D eigenvalue weighted by Crippen LogP contribution is 2.22. The number of likely N-dealkylation sites (tertiary alicyclic amines) is 1. The molecule has 1 fully saturated rings. The van der Waals surface area contributed by atoms with Crippen LogP contribution in [0.5, 0.6) is 0 Å². The van der Waals surface area contributed by atoms with E-state index in [-0.39, 0.29) is 24.4 Å². The smallest absolute Gasteiger partial charge is 0.251 e. The minimum Gasteiger partial charge on any atom is -0.390 e. The number of hydrogen-bond acceptors (Lipinski definition) is 6. The molecule has 3 heterocycles. The summed E-state index contributed by atoms with van der Waals surface area (Å²) in [5.41, 5.74) is 4.55. The van der Waals surface area contributed by atoms with E-state index < -0.39 is 6.10 Å². The average Bonchev–Trinajstić information content (AvgIpc) is 2.83. The zero-order valence-corrected chi connectivity index (χ0v) is 20.1. The number of rotatable bonds is 7. The third kappa shape index (κ3) is 6.12. The van der Waals surface area contributed by atoms with Crippen LogP contribution in [0.3, 0.4) is 0 Å². The fourth-order valence-electron chi connectivity index (χ4n) is 4.83. The molecule has 1 atom stereocenters. The summed E-state index contributed by atoms with van der Waals surface area (Å²) in [5.74, 6) is 0.533. The minimum atomic E-state index is -0.639. The van der Waals surface area contributed by atoms with Gasteiger partial charge in [-0.15, -0.1) is 0 Å². The Morgan fingerprint density at radius 1 is 1.21 bits per heavy atom. The van der Waals surface area contributed by atoms with Crippen LogP contribution in [0.2, 0.25) is 0 Å². The van der Waals surface area contributed by atoms with Crippen molar-refractivity contribution in [3.63, 3.8) is 0 Å². The van der Waals surface area contributed by atoms with Crippen molar-refractivity contribution in [1.29, 1.82) is 0 Å². The zero-order valence-electron chi connectivity index (χ0n) is 20.1. The zero-order chi connectivity index (χ0) is 24.1. The number of aliphatic hydroxyl groups is 1. The van der Waals surface area contributed by atoms with E-state index in [1.165, 1.54) is 16.7 Å². The fraction of sp³-hybridized carbons (Fsp3) is 0.500. The Kier molecular flexibility index (Phi) is 7.80. The van der Waals surface area contributed by atoms with Gasteiger partial charge in [-0.05, 0) is 55.0 Å². The summed E-state index contributed by atoms with van der Waals surface area (Å²) in [5, 5.41) is 16.8. The van der Waals surface area contributed by atoms with Crippen LogP contribution in [-0.4, -0.2) is 76.6 Å². The largest absolute Gasteiger partial charge is 0.390 e. The first-order chi connectivity index (χ1) is 16.4. The minimum absolute atomic E-state index is 0.109. The molecule has 2 amide bonds. The van der Waals surface area contributed by atoms with E-state index in [0.29, 0.717) is 17.9 Å². The van der Waals surface area contributed by atoms with Crippen molar-refractivity contribution < 1.29 is 14.7 Å². The summed E-state index contributed by atoms with van der Waals surface area (Å²) in [4.78, 5) is 32.6. The van der Waals surface area contributed by atoms with E-state index in [1.807, 2.05) is 4.90 Å². The van der Waals surface area contributed by atoms with Crippen LogP contribution < -0.4 is 10.6 Å². The molecule has 1 aromatic heterocycles. The molecule has 0 saturated carbocycles. The maximum Gasteiger partial charge on any atom is 0.251 e. The molecule has 3 N–H and O–H groups in total. The summed E-state index contributed by atoms with van der Waals surface area (Å²) >= 11 is 0. The maximum absolute atomic E-state index is 12.7. The molecule has 2 aromatic rings. The Bertz CT molecular complexity index is 1020. The molecule has 0 bridgehead atoms. The monoisotopic (exact) mass is 465 g/mol. The standard InChI is InChI=1S/C26H35N5O3/c1-18-4-3-5-20-7-11-30(17-24(18)20)16-23(33)15-28-26(34)21-6-10-27-25(14-21)29-22-8-12-31(13-9-22)19(2)32/h3-6,10,14,22-23,33H,7-9,11-13,15-17H2,1-2H3,(H,27,29)(H,28,34)/t23-/m0/s1. The summed E-state index contributed by atoms with van der Waals surface area (Å²) < 4.78 is 0. The molecule has 2 aliphatic heterocycles. The number of carbonyl (C=O) groups excluding carboxylic acids is 2. The molecule has 0 spiro atoms. The number of fused-ring (bicyclic) bond motifs is 1. The third-order valence-corrected chi connectivity index (χ3v) is 6.87. The van der Waals surface area contributed by atoms with Crippen LogP contribution in [0.4, 0.5) is 5.82 Å². The van der Waals surface area contributed by atoms with E-state index in [9.17, 15) is 14.7 Å². The number of carbonyl (C=O) groups is 2. The van der Waals surface area contributed by atoms with Gasteiger partial charge in [0.1, 0.15) is 5.82 Å². The lowest BCUT2D eigenvalue weighted by molar-refractivity contribution is -0.129. The van der Waals surface area contributed by atoms with Crippen molar-refractivity contribution in [2.45, 2.75) is 51.8 Å². The lowest BCUT2D eigenvalue weighted by atomic mass is 9.95. The number of aliphatic hydroxyl groups excluding tert-OH is 1. The summed E-state index contributed by atoms with van der Waals surface area (Å²) in [6.45, 7) is 7.65. The molecular weight excluding hydrogens is 430 g/mol. The van der Waals surface area contributed by atoms with Crippen LogP contribution in [0, 0.1) is 6.92 Å². The molecular formula is C26H35N5O3. The van der Waals surface area contributed by atoms with Crippen molar-refractivity contribution in [3.05, 3.63) is 58.8 Å². The highest BCUT2D eigenvalue weighted by molar-refractivity contribution is 5.94. The predicted molar refractivity (Wildman–Crippen MR) is 132 cm³/mol. The third-order valence-electron chi connectivity index (χ3n) is 6.87. The Morgan fingerprint density at radius 3 is 2.76 bits per heavy atom. The summed E-state index contributed by atoms with van der Waals surface area (Å²) in [7, 11) is 0. The second-order valence-corrected chi connectivity index (χ2v) is 9.42. The van der Waals surface area contributed by atoms with E-state index in [0.717, 1.165) is 45.4 Å². The average molecular weight is 466 g/mol. The second-order valence-electron chi connectivity index (χ2n) is 9.42. The van der Waals surface area contributed by atoms with Gasteiger partial charge < -0.3 is 20.6 Å². The van der Waals surface area contributed by atoms with Gasteiger partial charge in [-0.25, -0.2) is 4.98 Å². The van der Waals surface area contributed by atoms with Gasteiger partial charge >= 0.3 is 0 Å². The molecule has 2 aliphatic rings. The first-order valence-electron chi connectivity index (χ1n) is 12.1. The van der Waals surface area contributed by atoms with Crippen molar-refractivity contribution in [2.24, 2.45) is 0 Å². The molecule has 0 unspecified atom stereocenters. The van der Waals surface area contributed by atoms with Gasteiger partial charge in [-0.1, -0.05) is 18.2 Å². The van der Waals surface area contributed by atoms with E-state index in [2.05, 4.69) is 45.6 Å². The van der Waals surface area contributed by atoms with Gasteiger partial charge in [0.2, 0.25) is 5.91 Å². The molecule has 1 saturated heterocycles. The number of nitrogens with one attached hydrogen (secondary N) is 2. The molecule has 182 valence electrons. The number of piperidine rings is 1. The molecule has 8 nitrogen and oxygen atoms in total. The van der Waals surface area contributed by atoms with Crippen LogP contribution in [-0.2, 0) is 17.8 Å². The van der Waals surface area contributed by atoms with Gasteiger partial charge in [0, 0.05) is 64.0 Å². The predicted octanol–water partition coefficient (Wildman–Crippen LogP) is 1.96. The maximum atomic E-state index is 12.7. The van der Waals surface area contributed by atoms with Crippen molar-refractivity contribution in [2.75, 3.05) is 38.0 Å². The molecule has 0 radical (unpaired) electrons. The Labute approximate surface area is 201 Å². The van der Waals surface area contributed by atoms with Gasteiger partial charge in [0.25, 0.3) is 5.91 Å². The first kappa shape index (κ1) is 24.2. The van der Waals surface area contributed by atoms with Crippen LogP contribution >= 0.6 is 0 Å². The summed E-state index contributed by atoms with van der Waals surface area (Å²) in [6, 6.07) is 10.1. The van der Waals surface area contributed by atoms with Crippen LogP contribution in [0.1, 0.15) is 46.8 Å². The number of nitrogens with zero attached hydrogens (tertiary/aromatic N) is 3. The lowest BCUT2D eigenvalue weighted by Crippen LogP contribution is -2.42. The van der Waals surface area contributed by atoms with Gasteiger partial charge in [0.05, 0.1) is 6.10 Å². The lowest BCUT2D eigenvalue weighted by Gasteiger charge is -2.32. The molecule has 1 aromatic carbocycles. The number of benzene rings is 1. The molecule has 34 heavy (non-hydrogen) atoms. The number of hydrogen-bond donors (Lipinski definition) is 3. The number of β-amino-alcohol motifs (C(OH)–C–C–N with tert-alkyl or cyclic N) is 1. The van der Waals surface area contributed by atoms with Crippen LogP contribution in [0.15, 0.2) is 36.5 Å². The Morgan fingerprint density at radius 2 is 2.00 bits per heavy atom. The van der Waals surface area contributed by atoms with Crippen molar-refractivity contribution in [3.8, 4) is 0 Å². The van der Waals surface area contributed by atoms with Gasteiger partial charge in [0.15, 0.2) is 0 Å². The number of pyridine rings is 1. The Hall–Kier alpha value is -2.97. The van der Waals surface area contributed by atoms with Crippen molar-refractivity contribution in [1.82, 2.24) is 20.1 Å². The second kappa shape index (κ2) is 11.0. The molecule has 4 rings (SSSR count).